The third-order valence-electron chi connectivity index (χ3n) is 11.2. The second kappa shape index (κ2) is 49.2. The molecule has 0 aromatic rings. The summed E-state index contributed by atoms with van der Waals surface area (Å²) in [4.78, 5) is 12.5. The predicted molar refractivity (Wildman–Crippen MR) is 257 cm³/mol. The molecule has 2 atom stereocenters. The number of carbonyl (C=O) groups excluding carboxylic acids is 1. The zero-order chi connectivity index (χ0) is 42.1. The van der Waals surface area contributed by atoms with Crippen LogP contribution in [-0.2, 0) is 4.79 Å². The molecule has 1 amide bonds. The molecule has 0 radical (unpaired) electrons. The highest BCUT2D eigenvalue weighted by molar-refractivity contribution is 5.76. The van der Waals surface area contributed by atoms with Crippen LogP contribution >= 0.6 is 0 Å². The summed E-state index contributed by atoms with van der Waals surface area (Å²) in [7, 11) is 0. The number of nitrogens with one attached hydrogen (secondary N) is 1. The van der Waals surface area contributed by atoms with E-state index in [-0.39, 0.29) is 12.5 Å². The zero-order valence-corrected chi connectivity index (χ0v) is 38.5. The summed E-state index contributed by atoms with van der Waals surface area (Å²) in [5.41, 5.74) is 0. The molecular formula is C54H97NO3. The van der Waals surface area contributed by atoms with Gasteiger partial charge in [0.1, 0.15) is 0 Å². The van der Waals surface area contributed by atoms with Crippen LogP contribution in [0.25, 0.3) is 0 Å². The fraction of sp³-hybridized carbons (Fsp3) is 0.759. The molecule has 0 aromatic heterocycles. The van der Waals surface area contributed by atoms with Gasteiger partial charge in [0.25, 0.3) is 0 Å². The van der Waals surface area contributed by atoms with Gasteiger partial charge in [-0.3, -0.25) is 4.79 Å². The van der Waals surface area contributed by atoms with Gasteiger partial charge in [-0.15, -0.1) is 0 Å². The largest absolute Gasteiger partial charge is 0.394 e. The van der Waals surface area contributed by atoms with Gasteiger partial charge in [-0.05, 0) is 64.2 Å². The number of hydrogen-bond donors (Lipinski definition) is 3. The number of carbonyl (C=O) groups is 1. The molecular weight excluding hydrogens is 711 g/mol. The molecule has 0 rings (SSSR count). The van der Waals surface area contributed by atoms with Gasteiger partial charge >= 0.3 is 0 Å². The molecule has 58 heavy (non-hydrogen) atoms. The van der Waals surface area contributed by atoms with Crippen molar-refractivity contribution < 1.29 is 15.0 Å². The smallest absolute Gasteiger partial charge is 0.220 e. The molecule has 0 bridgehead atoms. The molecule has 2 unspecified atom stereocenters. The maximum atomic E-state index is 12.5. The van der Waals surface area contributed by atoms with Crippen LogP contribution in [0.1, 0.15) is 245 Å². The quantitative estimate of drug-likeness (QED) is 0.0424. The highest BCUT2D eigenvalue weighted by Gasteiger charge is 2.20. The first-order valence-electron chi connectivity index (χ1n) is 25.1. The maximum absolute atomic E-state index is 12.5. The average Bonchev–Trinajstić information content (AvgIpc) is 3.23. The van der Waals surface area contributed by atoms with Crippen LogP contribution in [0.15, 0.2) is 72.9 Å². The number of amides is 1. The summed E-state index contributed by atoms with van der Waals surface area (Å²) in [6.07, 6.45) is 69.9. The molecule has 0 aliphatic carbocycles. The second-order valence-corrected chi connectivity index (χ2v) is 16.9. The minimum absolute atomic E-state index is 0.0467. The third-order valence-corrected chi connectivity index (χ3v) is 11.2. The van der Waals surface area contributed by atoms with E-state index in [1.165, 1.54) is 141 Å². The van der Waals surface area contributed by atoms with Crippen molar-refractivity contribution in [1.82, 2.24) is 5.32 Å². The van der Waals surface area contributed by atoms with E-state index >= 15 is 0 Å². The van der Waals surface area contributed by atoms with Crippen LogP contribution in [-0.4, -0.2) is 34.9 Å². The molecule has 0 aromatic carbocycles. The summed E-state index contributed by atoms with van der Waals surface area (Å²) in [5, 5.41) is 23.3. The van der Waals surface area contributed by atoms with Crippen LogP contribution in [0, 0.1) is 0 Å². The first-order valence-corrected chi connectivity index (χ1v) is 25.1. The molecule has 0 saturated heterocycles. The average molecular weight is 808 g/mol. The Bertz CT molecular complexity index is 1010. The van der Waals surface area contributed by atoms with Crippen molar-refractivity contribution in [2.45, 2.75) is 257 Å². The van der Waals surface area contributed by atoms with Crippen molar-refractivity contribution in [3.8, 4) is 0 Å². The topological polar surface area (TPSA) is 69.6 Å². The molecule has 0 aliphatic heterocycles. The van der Waals surface area contributed by atoms with Crippen LogP contribution in [0.5, 0.6) is 0 Å². The summed E-state index contributed by atoms with van der Waals surface area (Å²) >= 11 is 0. The standard InChI is InChI=1S/C54H97NO3/c1-3-5-7-9-11-13-15-17-19-21-23-25-26-27-28-30-32-34-36-38-40-42-44-46-48-50-54(58)55-52(51-56)53(57)49-47-45-43-41-39-37-35-33-31-29-24-22-20-18-16-14-12-10-8-6-4-2/h5,7,11,13,17,19,23,25,27-28,32,34,52-53,56-57H,3-4,6,8-10,12,14-16,18,20-22,24,26,29-31,33,35-51H2,1-2H3,(H,55,58)/b7-5-,13-11-,19-17-,25-23-,28-27-,34-32-. The van der Waals surface area contributed by atoms with Gasteiger partial charge < -0.3 is 15.5 Å². The van der Waals surface area contributed by atoms with Crippen molar-refractivity contribution in [3.05, 3.63) is 72.9 Å². The number of rotatable bonds is 45. The lowest BCUT2D eigenvalue weighted by molar-refractivity contribution is -0.123. The Morgan fingerprint density at radius 1 is 0.431 bits per heavy atom. The van der Waals surface area contributed by atoms with Crippen LogP contribution < -0.4 is 5.32 Å². The Labute approximate surface area is 361 Å². The van der Waals surface area contributed by atoms with E-state index in [2.05, 4.69) is 92.1 Å². The van der Waals surface area contributed by atoms with Crippen molar-refractivity contribution in [2.24, 2.45) is 0 Å². The number of hydrogen-bond acceptors (Lipinski definition) is 3. The molecule has 0 spiro atoms. The van der Waals surface area contributed by atoms with Crippen LogP contribution in [0.4, 0.5) is 0 Å². The van der Waals surface area contributed by atoms with Gasteiger partial charge in [0.2, 0.25) is 5.91 Å². The van der Waals surface area contributed by atoms with Crippen molar-refractivity contribution >= 4 is 5.91 Å². The Morgan fingerprint density at radius 2 is 0.759 bits per heavy atom. The number of unbranched alkanes of at least 4 members (excludes halogenated alkanes) is 26. The van der Waals surface area contributed by atoms with Crippen molar-refractivity contribution in [1.29, 1.82) is 0 Å². The maximum Gasteiger partial charge on any atom is 0.220 e. The summed E-state index contributed by atoms with van der Waals surface area (Å²) in [6, 6.07) is -0.549. The van der Waals surface area contributed by atoms with E-state index in [1.54, 1.807) is 0 Å². The highest BCUT2D eigenvalue weighted by atomic mass is 16.3. The Hall–Kier alpha value is -2.17. The monoisotopic (exact) mass is 808 g/mol. The van der Waals surface area contributed by atoms with Crippen molar-refractivity contribution in [3.63, 3.8) is 0 Å². The van der Waals surface area contributed by atoms with E-state index in [0.717, 1.165) is 77.0 Å². The fourth-order valence-electron chi connectivity index (χ4n) is 7.42. The second-order valence-electron chi connectivity index (χ2n) is 16.9. The highest BCUT2D eigenvalue weighted by Crippen LogP contribution is 2.16. The van der Waals surface area contributed by atoms with Gasteiger partial charge in [0.05, 0.1) is 18.8 Å². The van der Waals surface area contributed by atoms with Crippen LogP contribution in [0.3, 0.4) is 0 Å². The Kier molecular flexibility index (Phi) is 47.4. The number of allylic oxidation sites excluding steroid dienone is 12. The molecule has 4 heteroatoms. The Balaban J connectivity index is 3.57. The normalized spacial score (nSPS) is 13.5. The molecule has 0 heterocycles. The van der Waals surface area contributed by atoms with E-state index in [1.807, 2.05) is 0 Å². The van der Waals surface area contributed by atoms with Gasteiger partial charge in [-0.2, -0.15) is 0 Å². The minimum atomic E-state index is -0.671. The SMILES string of the molecule is CC/C=C\C/C=C\C/C=C\C/C=C\C/C=C\C/C=C\CCCCCCCCC(=O)NC(CO)C(O)CCCCCCCCCCCCCCCCCCCCCCC. The number of aliphatic hydroxyl groups is 2. The predicted octanol–water partition coefficient (Wildman–Crippen LogP) is 16.2. The van der Waals surface area contributed by atoms with Crippen LogP contribution in [0.2, 0.25) is 0 Å². The first kappa shape index (κ1) is 55.8. The summed E-state index contributed by atoms with van der Waals surface area (Å²) in [5.74, 6) is -0.0467. The molecule has 4 nitrogen and oxygen atoms in total. The van der Waals surface area contributed by atoms with Crippen molar-refractivity contribution in [2.75, 3.05) is 6.61 Å². The van der Waals surface area contributed by atoms with Gasteiger partial charge in [-0.25, -0.2) is 0 Å². The molecule has 3 N–H and O–H groups in total. The lowest BCUT2D eigenvalue weighted by Crippen LogP contribution is -2.45. The van der Waals surface area contributed by atoms with E-state index in [9.17, 15) is 15.0 Å². The lowest BCUT2D eigenvalue weighted by Gasteiger charge is -2.22. The van der Waals surface area contributed by atoms with Gasteiger partial charge in [0.15, 0.2) is 0 Å². The van der Waals surface area contributed by atoms with E-state index < -0.39 is 12.1 Å². The van der Waals surface area contributed by atoms with Gasteiger partial charge in [0, 0.05) is 6.42 Å². The third kappa shape index (κ3) is 44.9. The summed E-state index contributed by atoms with van der Waals surface area (Å²) in [6.45, 7) is 4.25. The van der Waals surface area contributed by atoms with E-state index in [4.69, 9.17) is 0 Å². The molecule has 336 valence electrons. The summed E-state index contributed by atoms with van der Waals surface area (Å²) < 4.78 is 0. The molecule has 0 fully saturated rings. The minimum Gasteiger partial charge on any atom is -0.394 e. The van der Waals surface area contributed by atoms with E-state index in [0.29, 0.717) is 12.8 Å². The zero-order valence-electron chi connectivity index (χ0n) is 38.5. The van der Waals surface area contributed by atoms with Gasteiger partial charge in [-0.1, -0.05) is 247 Å². The Morgan fingerprint density at radius 3 is 1.14 bits per heavy atom. The number of aliphatic hydroxyl groups excluding tert-OH is 2. The molecule has 0 aliphatic rings. The lowest BCUT2D eigenvalue weighted by atomic mass is 10.0. The molecule has 0 saturated carbocycles. The first-order chi connectivity index (χ1) is 28.7. The fourth-order valence-corrected chi connectivity index (χ4v) is 7.42.